The Morgan fingerprint density at radius 1 is 1.29 bits per heavy atom. The number of hydrogen-bond donors (Lipinski definition) is 1. The van der Waals surface area contributed by atoms with Crippen molar-refractivity contribution < 1.29 is 4.74 Å². The lowest BCUT2D eigenvalue weighted by Crippen LogP contribution is -2.19. The lowest BCUT2D eigenvalue weighted by atomic mass is 10.2. The molecule has 0 saturated carbocycles. The fourth-order valence-electron chi connectivity index (χ4n) is 1.94. The van der Waals surface area contributed by atoms with Crippen LogP contribution in [-0.2, 0) is 6.54 Å². The normalized spacial score (nSPS) is 10.9. The van der Waals surface area contributed by atoms with Crippen molar-refractivity contribution in [1.82, 2.24) is 10.3 Å². The van der Waals surface area contributed by atoms with Gasteiger partial charge in [-0.1, -0.05) is 37.6 Å². The van der Waals surface area contributed by atoms with Gasteiger partial charge in [-0.15, -0.1) is 0 Å². The van der Waals surface area contributed by atoms with Crippen LogP contribution in [0.5, 0.6) is 11.6 Å². The molecule has 0 fully saturated rings. The van der Waals surface area contributed by atoms with Gasteiger partial charge in [0.1, 0.15) is 5.75 Å². The third kappa shape index (κ3) is 4.73. The van der Waals surface area contributed by atoms with Gasteiger partial charge in [0.05, 0.1) is 5.02 Å². The molecule has 0 aliphatic heterocycles. The Bertz CT molecular complexity index is 599. The van der Waals surface area contributed by atoms with Gasteiger partial charge in [-0.2, -0.15) is 0 Å². The summed E-state index contributed by atoms with van der Waals surface area (Å²) in [5, 5.41) is 3.99. The van der Waals surface area contributed by atoms with Crippen molar-refractivity contribution in [3.8, 4) is 11.6 Å². The molecule has 2 rings (SSSR count). The number of rotatable bonds is 6. The quantitative estimate of drug-likeness (QED) is 0.848. The summed E-state index contributed by atoms with van der Waals surface area (Å²) in [7, 11) is 0. The van der Waals surface area contributed by atoms with E-state index in [4.69, 9.17) is 16.3 Å². The molecule has 0 saturated heterocycles. The van der Waals surface area contributed by atoms with Gasteiger partial charge < -0.3 is 10.1 Å². The monoisotopic (exact) mass is 304 g/mol. The van der Waals surface area contributed by atoms with Crippen molar-refractivity contribution in [2.75, 3.05) is 6.54 Å². The van der Waals surface area contributed by atoms with E-state index >= 15 is 0 Å². The first-order valence-electron chi connectivity index (χ1n) is 7.15. The van der Waals surface area contributed by atoms with Gasteiger partial charge in [0.25, 0.3) is 0 Å². The van der Waals surface area contributed by atoms with E-state index < -0.39 is 0 Å². The van der Waals surface area contributed by atoms with E-state index in [1.54, 1.807) is 6.20 Å². The largest absolute Gasteiger partial charge is 0.437 e. The lowest BCUT2D eigenvalue weighted by Gasteiger charge is -2.13. The summed E-state index contributed by atoms with van der Waals surface area (Å²) in [6.45, 7) is 8.05. The van der Waals surface area contributed by atoms with Crippen LogP contribution >= 0.6 is 11.6 Å². The highest BCUT2D eigenvalue weighted by Gasteiger charge is 2.09. The molecule has 3 nitrogen and oxygen atoms in total. The highest BCUT2D eigenvalue weighted by Crippen LogP contribution is 2.30. The van der Waals surface area contributed by atoms with Crippen molar-refractivity contribution in [2.45, 2.75) is 27.3 Å². The molecular formula is C17H21ClN2O. The minimum Gasteiger partial charge on any atom is -0.437 e. The molecule has 0 spiro atoms. The fraction of sp³-hybridized carbons (Fsp3) is 0.353. The molecule has 1 N–H and O–H groups in total. The Morgan fingerprint density at radius 2 is 2.10 bits per heavy atom. The van der Waals surface area contributed by atoms with E-state index in [0.29, 0.717) is 22.6 Å². The molecule has 1 aromatic heterocycles. The second-order valence-corrected chi connectivity index (χ2v) is 5.94. The lowest BCUT2D eigenvalue weighted by molar-refractivity contribution is 0.450. The highest BCUT2D eigenvalue weighted by atomic mass is 35.5. The number of nitrogens with zero attached hydrogens (tertiary/aromatic N) is 1. The van der Waals surface area contributed by atoms with Crippen LogP contribution in [0.1, 0.15) is 25.0 Å². The van der Waals surface area contributed by atoms with Gasteiger partial charge in [-0.05, 0) is 43.1 Å². The first-order chi connectivity index (χ1) is 10.1. The molecule has 2 aromatic rings. The van der Waals surface area contributed by atoms with Crippen LogP contribution in [-0.4, -0.2) is 11.5 Å². The number of halogens is 1. The molecule has 0 amide bonds. The van der Waals surface area contributed by atoms with E-state index in [9.17, 15) is 0 Å². The summed E-state index contributed by atoms with van der Waals surface area (Å²) in [6.07, 6.45) is 1.73. The fourth-order valence-corrected chi connectivity index (χ4v) is 2.10. The van der Waals surface area contributed by atoms with Crippen LogP contribution in [0.15, 0.2) is 36.5 Å². The predicted molar refractivity (Wildman–Crippen MR) is 87.0 cm³/mol. The molecule has 0 aliphatic rings. The average Bonchev–Trinajstić information content (AvgIpc) is 2.44. The Balaban J connectivity index is 2.14. The Hall–Kier alpha value is -1.58. The maximum absolute atomic E-state index is 6.18. The van der Waals surface area contributed by atoms with Crippen molar-refractivity contribution in [1.29, 1.82) is 0 Å². The molecular weight excluding hydrogens is 284 g/mol. The maximum atomic E-state index is 6.18. The third-order valence-corrected chi connectivity index (χ3v) is 3.32. The van der Waals surface area contributed by atoms with E-state index in [1.165, 1.54) is 0 Å². The number of pyridine rings is 1. The summed E-state index contributed by atoms with van der Waals surface area (Å²) in [5.74, 6) is 1.85. The van der Waals surface area contributed by atoms with E-state index in [2.05, 4.69) is 24.1 Å². The molecule has 21 heavy (non-hydrogen) atoms. The first kappa shape index (κ1) is 15.8. The van der Waals surface area contributed by atoms with Gasteiger partial charge in [0, 0.05) is 18.3 Å². The van der Waals surface area contributed by atoms with Gasteiger partial charge in [-0.3, -0.25) is 0 Å². The second-order valence-electron chi connectivity index (χ2n) is 5.53. The van der Waals surface area contributed by atoms with Crippen molar-refractivity contribution in [3.05, 3.63) is 52.7 Å². The summed E-state index contributed by atoms with van der Waals surface area (Å²) < 4.78 is 5.90. The molecule has 112 valence electrons. The third-order valence-electron chi connectivity index (χ3n) is 3.01. The molecule has 0 radical (unpaired) electrons. The number of hydrogen-bond acceptors (Lipinski definition) is 3. The van der Waals surface area contributed by atoms with Gasteiger partial charge in [0.15, 0.2) is 0 Å². The molecule has 1 aromatic carbocycles. The molecule has 4 heteroatoms. The standard InChI is InChI=1S/C17H21ClN2O/c1-12(2)10-19-11-14-5-4-8-20-17(14)21-16-9-13(3)6-7-15(16)18/h4-9,12,19H,10-11H2,1-3H3. The summed E-state index contributed by atoms with van der Waals surface area (Å²) in [5.41, 5.74) is 2.13. The SMILES string of the molecule is Cc1ccc(Cl)c(Oc2ncccc2CNCC(C)C)c1. The highest BCUT2D eigenvalue weighted by molar-refractivity contribution is 6.32. The summed E-state index contributed by atoms with van der Waals surface area (Å²) >= 11 is 6.18. The molecule has 1 heterocycles. The van der Waals surface area contributed by atoms with Crippen molar-refractivity contribution in [3.63, 3.8) is 0 Å². The maximum Gasteiger partial charge on any atom is 0.223 e. The van der Waals surface area contributed by atoms with Crippen molar-refractivity contribution >= 4 is 11.6 Å². The van der Waals surface area contributed by atoms with Gasteiger partial charge in [-0.25, -0.2) is 4.98 Å². The zero-order chi connectivity index (χ0) is 15.2. The van der Waals surface area contributed by atoms with E-state index in [-0.39, 0.29) is 0 Å². The average molecular weight is 305 g/mol. The van der Waals surface area contributed by atoms with Crippen molar-refractivity contribution in [2.24, 2.45) is 5.92 Å². The predicted octanol–water partition coefficient (Wildman–Crippen LogP) is 4.58. The Labute approximate surface area is 131 Å². The first-order valence-corrected chi connectivity index (χ1v) is 7.52. The van der Waals surface area contributed by atoms with Crippen LogP contribution in [0, 0.1) is 12.8 Å². The molecule has 0 aliphatic carbocycles. The van der Waals surface area contributed by atoms with Gasteiger partial charge >= 0.3 is 0 Å². The summed E-state index contributed by atoms with van der Waals surface area (Å²) in [4.78, 5) is 4.32. The molecule has 0 bridgehead atoms. The van der Waals surface area contributed by atoms with Crippen LogP contribution in [0.4, 0.5) is 0 Å². The van der Waals surface area contributed by atoms with Crippen LogP contribution < -0.4 is 10.1 Å². The van der Waals surface area contributed by atoms with Crippen LogP contribution in [0.25, 0.3) is 0 Å². The van der Waals surface area contributed by atoms with Crippen LogP contribution in [0.2, 0.25) is 5.02 Å². The Morgan fingerprint density at radius 3 is 2.86 bits per heavy atom. The topological polar surface area (TPSA) is 34.1 Å². The zero-order valence-electron chi connectivity index (χ0n) is 12.7. The minimum absolute atomic E-state index is 0.590. The van der Waals surface area contributed by atoms with E-state index in [0.717, 1.165) is 24.2 Å². The number of aromatic nitrogens is 1. The number of nitrogens with one attached hydrogen (secondary N) is 1. The zero-order valence-corrected chi connectivity index (χ0v) is 13.4. The molecule has 0 atom stereocenters. The molecule has 0 unspecified atom stereocenters. The van der Waals surface area contributed by atoms with Gasteiger partial charge in [0.2, 0.25) is 5.88 Å². The van der Waals surface area contributed by atoms with Crippen LogP contribution in [0.3, 0.4) is 0 Å². The Kier molecular flexibility index (Phi) is 5.59. The second kappa shape index (κ2) is 7.43. The minimum atomic E-state index is 0.590. The smallest absolute Gasteiger partial charge is 0.223 e. The number of benzene rings is 1. The number of ether oxygens (including phenoxy) is 1. The van der Waals surface area contributed by atoms with E-state index in [1.807, 2.05) is 37.3 Å². The number of aryl methyl sites for hydroxylation is 1. The summed E-state index contributed by atoms with van der Waals surface area (Å²) in [6, 6.07) is 9.64.